The molecule has 0 aliphatic carbocycles. The van der Waals surface area contributed by atoms with Crippen LogP contribution in [0.4, 0.5) is 0 Å². The number of ether oxygens (including phenoxy) is 1. The molecule has 2 heterocycles. The summed E-state index contributed by atoms with van der Waals surface area (Å²) in [7, 11) is 3.78. The lowest BCUT2D eigenvalue weighted by molar-refractivity contribution is 0.393. The van der Waals surface area contributed by atoms with E-state index in [2.05, 4.69) is 59.4 Å². The van der Waals surface area contributed by atoms with E-state index in [0.717, 1.165) is 24.0 Å². The van der Waals surface area contributed by atoms with Crippen molar-refractivity contribution in [3.8, 4) is 5.75 Å². The second-order valence-electron chi connectivity index (χ2n) is 5.51. The zero-order valence-electron chi connectivity index (χ0n) is 13.6. The van der Waals surface area contributed by atoms with Gasteiger partial charge in [0.1, 0.15) is 0 Å². The van der Waals surface area contributed by atoms with Gasteiger partial charge in [0, 0.05) is 28.0 Å². The van der Waals surface area contributed by atoms with Crippen LogP contribution in [-0.4, -0.2) is 45.4 Å². The van der Waals surface area contributed by atoms with E-state index in [1.54, 1.807) is 7.11 Å². The van der Waals surface area contributed by atoms with E-state index >= 15 is 0 Å². The van der Waals surface area contributed by atoms with Gasteiger partial charge in [-0.25, -0.2) is 0 Å². The topological polar surface area (TPSA) is 39.1 Å². The SMILES string of the molecule is CCCn1ncc(OC)c1C(NC)C1CSC(C)C(C)S1. The van der Waals surface area contributed by atoms with Gasteiger partial charge in [-0.1, -0.05) is 20.8 Å². The molecular formula is C15H27N3OS2. The number of aromatic nitrogens is 2. The Morgan fingerprint density at radius 2 is 2.24 bits per heavy atom. The van der Waals surface area contributed by atoms with Crippen LogP contribution in [0.25, 0.3) is 0 Å². The van der Waals surface area contributed by atoms with Crippen molar-refractivity contribution in [2.45, 2.75) is 55.5 Å². The van der Waals surface area contributed by atoms with Crippen molar-refractivity contribution >= 4 is 23.5 Å². The third-order valence-corrected chi connectivity index (χ3v) is 7.55. The van der Waals surface area contributed by atoms with E-state index in [1.807, 2.05) is 13.2 Å². The normalized spacial score (nSPS) is 27.6. The number of hydrogen-bond acceptors (Lipinski definition) is 5. The fourth-order valence-electron chi connectivity index (χ4n) is 2.72. The highest BCUT2D eigenvalue weighted by Gasteiger charge is 2.34. The second-order valence-corrected chi connectivity index (χ2v) is 8.54. The van der Waals surface area contributed by atoms with E-state index in [-0.39, 0.29) is 6.04 Å². The molecule has 1 saturated heterocycles. The minimum absolute atomic E-state index is 0.279. The van der Waals surface area contributed by atoms with Crippen molar-refractivity contribution in [1.82, 2.24) is 15.1 Å². The van der Waals surface area contributed by atoms with E-state index in [4.69, 9.17) is 4.74 Å². The molecule has 0 aromatic carbocycles. The Balaban J connectivity index is 2.26. The smallest absolute Gasteiger partial charge is 0.161 e. The Hall–Kier alpha value is -0.330. The molecule has 0 radical (unpaired) electrons. The van der Waals surface area contributed by atoms with Crippen molar-refractivity contribution in [2.24, 2.45) is 0 Å². The van der Waals surface area contributed by atoms with Gasteiger partial charge in [-0.3, -0.25) is 4.68 Å². The Bertz CT molecular complexity index is 452. The molecule has 120 valence electrons. The zero-order chi connectivity index (χ0) is 15.4. The molecule has 1 aromatic rings. The molecule has 6 heteroatoms. The van der Waals surface area contributed by atoms with Crippen molar-refractivity contribution in [1.29, 1.82) is 0 Å². The molecule has 0 bridgehead atoms. The van der Waals surface area contributed by atoms with Crippen LogP contribution in [0, 0.1) is 0 Å². The third-order valence-electron chi connectivity index (χ3n) is 4.05. The van der Waals surface area contributed by atoms with Gasteiger partial charge in [0.15, 0.2) is 5.75 Å². The summed E-state index contributed by atoms with van der Waals surface area (Å²) in [6, 6.07) is 0.279. The van der Waals surface area contributed by atoms with Crippen molar-refractivity contribution < 1.29 is 4.74 Å². The summed E-state index contributed by atoms with van der Waals surface area (Å²) in [5.41, 5.74) is 1.20. The van der Waals surface area contributed by atoms with E-state index in [9.17, 15) is 0 Å². The lowest BCUT2D eigenvalue weighted by Gasteiger charge is -2.36. The molecule has 4 nitrogen and oxygen atoms in total. The minimum atomic E-state index is 0.279. The Morgan fingerprint density at radius 3 is 2.81 bits per heavy atom. The number of rotatable bonds is 6. The standard InChI is InChI=1S/C15H27N3OS2/c1-6-7-18-15(12(19-5)8-17-18)14(16-4)13-9-20-10(2)11(3)21-13/h8,10-11,13-14,16H,6-7,9H2,1-5H3. The summed E-state index contributed by atoms with van der Waals surface area (Å²) < 4.78 is 7.66. The summed E-state index contributed by atoms with van der Waals surface area (Å²) in [6.45, 7) is 7.78. The Kier molecular flexibility index (Phi) is 6.32. The molecule has 0 spiro atoms. The van der Waals surface area contributed by atoms with Crippen molar-refractivity contribution in [3.05, 3.63) is 11.9 Å². The Morgan fingerprint density at radius 1 is 1.48 bits per heavy atom. The van der Waals surface area contributed by atoms with Crippen LogP contribution < -0.4 is 10.1 Å². The maximum absolute atomic E-state index is 5.55. The highest BCUT2D eigenvalue weighted by molar-refractivity contribution is 8.07. The summed E-state index contributed by atoms with van der Waals surface area (Å²) in [5, 5.41) is 9.97. The first-order valence-electron chi connectivity index (χ1n) is 7.66. The van der Waals surface area contributed by atoms with Crippen LogP contribution in [0.15, 0.2) is 6.20 Å². The molecule has 0 saturated carbocycles. The van der Waals surface area contributed by atoms with E-state index in [1.165, 1.54) is 11.4 Å². The van der Waals surface area contributed by atoms with Gasteiger partial charge in [-0.2, -0.15) is 28.6 Å². The zero-order valence-corrected chi connectivity index (χ0v) is 15.3. The van der Waals surface area contributed by atoms with Gasteiger partial charge >= 0.3 is 0 Å². The van der Waals surface area contributed by atoms with Gasteiger partial charge in [-0.05, 0) is 13.5 Å². The van der Waals surface area contributed by atoms with Gasteiger partial charge in [0.2, 0.25) is 0 Å². The summed E-state index contributed by atoms with van der Waals surface area (Å²) in [4.78, 5) is 0. The summed E-state index contributed by atoms with van der Waals surface area (Å²) in [5.74, 6) is 2.07. The van der Waals surface area contributed by atoms with Crippen LogP contribution in [-0.2, 0) is 6.54 Å². The summed E-state index contributed by atoms with van der Waals surface area (Å²) >= 11 is 4.17. The van der Waals surface area contributed by atoms with Gasteiger partial charge < -0.3 is 10.1 Å². The first-order chi connectivity index (χ1) is 10.1. The minimum Gasteiger partial charge on any atom is -0.493 e. The highest BCUT2D eigenvalue weighted by atomic mass is 32.2. The van der Waals surface area contributed by atoms with Crippen LogP contribution in [0.3, 0.4) is 0 Å². The third kappa shape index (κ3) is 3.71. The number of nitrogens with one attached hydrogen (secondary N) is 1. The quantitative estimate of drug-likeness (QED) is 0.868. The van der Waals surface area contributed by atoms with Crippen molar-refractivity contribution in [3.63, 3.8) is 0 Å². The average Bonchev–Trinajstić information content (AvgIpc) is 2.87. The Labute approximate surface area is 136 Å². The maximum Gasteiger partial charge on any atom is 0.161 e. The van der Waals surface area contributed by atoms with Gasteiger partial charge in [-0.15, -0.1) is 0 Å². The van der Waals surface area contributed by atoms with Crippen LogP contribution >= 0.6 is 23.5 Å². The fourth-order valence-corrected chi connectivity index (χ4v) is 5.85. The molecular weight excluding hydrogens is 302 g/mol. The number of methoxy groups -OCH3 is 1. The lowest BCUT2D eigenvalue weighted by atomic mass is 10.1. The summed E-state index contributed by atoms with van der Waals surface area (Å²) in [6.07, 6.45) is 2.93. The predicted molar refractivity (Wildman–Crippen MR) is 93.6 cm³/mol. The van der Waals surface area contributed by atoms with Crippen LogP contribution in [0.5, 0.6) is 5.75 Å². The van der Waals surface area contributed by atoms with Crippen LogP contribution in [0.1, 0.15) is 38.9 Å². The molecule has 1 aliphatic rings. The highest BCUT2D eigenvalue weighted by Crippen LogP contribution is 2.42. The molecule has 4 unspecified atom stereocenters. The second kappa shape index (κ2) is 7.79. The predicted octanol–water partition coefficient (Wildman–Crippen LogP) is 3.19. The first-order valence-corrected chi connectivity index (χ1v) is 9.65. The lowest BCUT2D eigenvalue weighted by Crippen LogP contribution is -2.37. The molecule has 1 fully saturated rings. The van der Waals surface area contributed by atoms with Crippen molar-refractivity contribution in [2.75, 3.05) is 19.9 Å². The molecule has 1 aromatic heterocycles. The maximum atomic E-state index is 5.55. The first kappa shape index (κ1) is 17.0. The monoisotopic (exact) mass is 329 g/mol. The molecule has 2 rings (SSSR count). The number of thioether (sulfide) groups is 2. The van der Waals surface area contributed by atoms with Gasteiger partial charge in [0.05, 0.1) is 25.0 Å². The van der Waals surface area contributed by atoms with Gasteiger partial charge in [0.25, 0.3) is 0 Å². The number of hydrogen-bond donors (Lipinski definition) is 1. The molecule has 4 atom stereocenters. The molecule has 21 heavy (non-hydrogen) atoms. The number of nitrogens with zero attached hydrogens (tertiary/aromatic N) is 2. The fraction of sp³-hybridized carbons (Fsp3) is 0.800. The number of aryl methyl sites for hydroxylation is 1. The molecule has 1 aliphatic heterocycles. The molecule has 0 amide bonds. The van der Waals surface area contributed by atoms with Crippen LogP contribution in [0.2, 0.25) is 0 Å². The average molecular weight is 330 g/mol. The van der Waals surface area contributed by atoms with E-state index < -0.39 is 0 Å². The molecule has 1 N–H and O–H groups in total. The van der Waals surface area contributed by atoms with E-state index in [0.29, 0.717) is 10.5 Å². The largest absolute Gasteiger partial charge is 0.493 e.